The van der Waals surface area contributed by atoms with Gasteiger partial charge in [-0.15, -0.1) is 0 Å². The highest BCUT2D eigenvalue weighted by molar-refractivity contribution is 5.66. The van der Waals surface area contributed by atoms with Gasteiger partial charge in [0.05, 0.1) is 13.2 Å². The molecule has 0 aromatic rings. The normalized spacial score (nSPS) is 11.0. The highest BCUT2D eigenvalue weighted by Crippen LogP contribution is 2.06. The fourth-order valence-electron chi connectivity index (χ4n) is 1.76. The van der Waals surface area contributed by atoms with Crippen LogP contribution >= 0.6 is 0 Å². The van der Waals surface area contributed by atoms with Gasteiger partial charge in [-0.3, -0.25) is 9.69 Å². The lowest BCUT2D eigenvalue weighted by Crippen LogP contribution is -2.30. The van der Waals surface area contributed by atoms with E-state index in [9.17, 15) is 4.79 Å². The van der Waals surface area contributed by atoms with Crippen molar-refractivity contribution in [2.75, 3.05) is 32.8 Å². The molecule has 3 N–H and O–H groups in total. The molecule has 0 rings (SSSR count). The number of rotatable bonds is 12. The van der Waals surface area contributed by atoms with Crippen LogP contribution in [0, 0.1) is 0 Å². The van der Waals surface area contributed by atoms with Gasteiger partial charge in [0.1, 0.15) is 0 Å². The maximum absolute atomic E-state index is 10.3. The van der Waals surface area contributed by atoms with Gasteiger partial charge >= 0.3 is 5.97 Å². The summed E-state index contributed by atoms with van der Waals surface area (Å²) < 4.78 is 0. The smallest absolute Gasteiger partial charge is 0.303 e. The molecule has 0 aliphatic rings. The standard InChI is InChI=1S/C12H25NO4/c14-10-8-13(9-11-15)7-5-3-1-2-4-6-12(16)17/h14-15H,1-11H2,(H,16,17). The highest BCUT2D eigenvalue weighted by atomic mass is 16.4. The van der Waals surface area contributed by atoms with Gasteiger partial charge in [0.15, 0.2) is 0 Å². The van der Waals surface area contributed by atoms with Crippen LogP contribution in [-0.2, 0) is 4.79 Å². The summed E-state index contributed by atoms with van der Waals surface area (Å²) in [5, 5.41) is 26.1. The molecule has 0 saturated heterocycles. The molecule has 5 heteroatoms. The molecule has 5 nitrogen and oxygen atoms in total. The Balaban J connectivity index is 3.32. The summed E-state index contributed by atoms with van der Waals surface area (Å²) >= 11 is 0. The van der Waals surface area contributed by atoms with E-state index in [0.717, 1.165) is 38.6 Å². The Hall–Kier alpha value is -0.650. The zero-order chi connectivity index (χ0) is 12.9. The van der Waals surface area contributed by atoms with Crippen LogP contribution in [0.25, 0.3) is 0 Å². The zero-order valence-electron chi connectivity index (χ0n) is 10.5. The first-order chi connectivity index (χ1) is 8.20. The van der Waals surface area contributed by atoms with Crippen LogP contribution in [-0.4, -0.2) is 59.0 Å². The Bertz CT molecular complexity index is 181. The van der Waals surface area contributed by atoms with E-state index in [-0.39, 0.29) is 19.6 Å². The topological polar surface area (TPSA) is 81.0 Å². The Morgan fingerprint density at radius 3 is 1.88 bits per heavy atom. The lowest BCUT2D eigenvalue weighted by atomic mass is 10.1. The molecule has 0 radical (unpaired) electrons. The van der Waals surface area contributed by atoms with Crippen molar-refractivity contribution in [1.29, 1.82) is 0 Å². The van der Waals surface area contributed by atoms with Crippen LogP contribution in [0.4, 0.5) is 0 Å². The predicted octanol–water partition coefficient (Wildman–Crippen LogP) is 0.698. The molecule has 17 heavy (non-hydrogen) atoms. The second-order valence-corrected chi connectivity index (χ2v) is 4.20. The first-order valence-corrected chi connectivity index (χ1v) is 6.36. The van der Waals surface area contributed by atoms with Crippen molar-refractivity contribution in [2.24, 2.45) is 0 Å². The molecule has 102 valence electrons. The average molecular weight is 247 g/mol. The number of hydrogen-bond acceptors (Lipinski definition) is 4. The van der Waals surface area contributed by atoms with Crippen molar-refractivity contribution >= 4 is 5.97 Å². The molecule has 0 aliphatic heterocycles. The van der Waals surface area contributed by atoms with Crippen LogP contribution < -0.4 is 0 Å². The van der Waals surface area contributed by atoms with Crippen molar-refractivity contribution in [3.63, 3.8) is 0 Å². The molecule has 0 saturated carbocycles. The molecule has 0 amide bonds. The molecule has 0 atom stereocenters. The Kier molecular flexibility index (Phi) is 11.4. The zero-order valence-corrected chi connectivity index (χ0v) is 10.5. The predicted molar refractivity (Wildman–Crippen MR) is 65.9 cm³/mol. The number of aliphatic hydroxyl groups excluding tert-OH is 2. The summed E-state index contributed by atoms with van der Waals surface area (Å²) in [7, 11) is 0. The SMILES string of the molecule is O=C(O)CCCCCCCN(CCO)CCO. The first-order valence-electron chi connectivity index (χ1n) is 6.36. The summed E-state index contributed by atoms with van der Waals surface area (Å²) in [4.78, 5) is 12.3. The lowest BCUT2D eigenvalue weighted by Gasteiger charge is -2.19. The largest absolute Gasteiger partial charge is 0.481 e. The van der Waals surface area contributed by atoms with E-state index < -0.39 is 5.97 Å². The molecule has 0 spiro atoms. The van der Waals surface area contributed by atoms with Crippen molar-refractivity contribution in [1.82, 2.24) is 4.90 Å². The number of nitrogens with zero attached hydrogens (tertiary/aromatic N) is 1. The molecular formula is C12H25NO4. The second-order valence-electron chi connectivity index (χ2n) is 4.20. The van der Waals surface area contributed by atoms with Crippen molar-refractivity contribution < 1.29 is 20.1 Å². The number of hydrogen-bond donors (Lipinski definition) is 3. The fourth-order valence-corrected chi connectivity index (χ4v) is 1.76. The molecule has 0 aromatic heterocycles. The van der Waals surface area contributed by atoms with Crippen molar-refractivity contribution in [3.05, 3.63) is 0 Å². The van der Waals surface area contributed by atoms with E-state index in [2.05, 4.69) is 0 Å². The third-order valence-electron chi connectivity index (χ3n) is 2.70. The van der Waals surface area contributed by atoms with Gasteiger partial charge in [0.2, 0.25) is 0 Å². The van der Waals surface area contributed by atoms with Crippen molar-refractivity contribution in [3.8, 4) is 0 Å². The third-order valence-corrected chi connectivity index (χ3v) is 2.70. The summed E-state index contributed by atoms with van der Waals surface area (Å²) in [5.74, 6) is -0.720. The van der Waals surface area contributed by atoms with Crippen molar-refractivity contribution in [2.45, 2.75) is 38.5 Å². The van der Waals surface area contributed by atoms with E-state index in [4.69, 9.17) is 15.3 Å². The molecule has 0 aliphatic carbocycles. The van der Waals surface area contributed by atoms with Gasteiger partial charge in [0, 0.05) is 19.5 Å². The molecule has 0 aromatic carbocycles. The van der Waals surface area contributed by atoms with Gasteiger partial charge < -0.3 is 15.3 Å². The molecule has 0 bridgehead atoms. The molecule has 0 fully saturated rings. The minimum absolute atomic E-state index is 0.124. The van der Waals surface area contributed by atoms with Crippen LogP contribution in [0.2, 0.25) is 0 Å². The van der Waals surface area contributed by atoms with Gasteiger partial charge in [-0.05, 0) is 19.4 Å². The molecule has 0 heterocycles. The van der Waals surface area contributed by atoms with E-state index in [1.54, 1.807) is 0 Å². The summed E-state index contributed by atoms with van der Waals surface area (Å²) in [5.41, 5.74) is 0. The number of carboxylic acids is 1. The lowest BCUT2D eigenvalue weighted by molar-refractivity contribution is -0.137. The van der Waals surface area contributed by atoms with Gasteiger partial charge in [-0.1, -0.05) is 19.3 Å². The number of carbonyl (C=O) groups is 1. The quantitative estimate of drug-likeness (QED) is 0.442. The van der Waals surface area contributed by atoms with Crippen LogP contribution in [0.1, 0.15) is 38.5 Å². The minimum Gasteiger partial charge on any atom is -0.481 e. The van der Waals surface area contributed by atoms with Crippen LogP contribution in [0.5, 0.6) is 0 Å². The van der Waals surface area contributed by atoms with E-state index >= 15 is 0 Å². The van der Waals surface area contributed by atoms with E-state index in [1.807, 2.05) is 4.90 Å². The maximum Gasteiger partial charge on any atom is 0.303 e. The number of aliphatic carboxylic acids is 1. The summed E-state index contributed by atoms with van der Waals surface area (Å²) in [6.45, 7) is 2.36. The maximum atomic E-state index is 10.3. The van der Waals surface area contributed by atoms with Gasteiger partial charge in [-0.2, -0.15) is 0 Å². The van der Waals surface area contributed by atoms with E-state index in [1.165, 1.54) is 0 Å². The first kappa shape index (κ1) is 16.4. The van der Waals surface area contributed by atoms with Crippen LogP contribution in [0.3, 0.4) is 0 Å². The monoisotopic (exact) mass is 247 g/mol. The Labute approximate surface area is 103 Å². The Morgan fingerprint density at radius 1 is 0.824 bits per heavy atom. The van der Waals surface area contributed by atoms with Crippen LogP contribution in [0.15, 0.2) is 0 Å². The number of carboxylic acid groups (broad SMARTS) is 1. The molecule has 0 unspecified atom stereocenters. The molecular weight excluding hydrogens is 222 g/mol. The summed E-state index contributed by atoms with van der Waals surface area (Å²) in [6, 6.07) is 0. The second kappa shape index (κ2) is 11.8. The van der Waals surface area contributed by atoms with E-state index in [0.29, 0.717) is 13.1 Å². The number of unbranched alkanes of at least 4 members (excludes halogenated alkanes) is 4. The Morgan fingerprint density at radius 2 is 1.35 bits per heavy atom. The van der Waals surface area contributed by atoms with Gasteiger partial charge in [0.25, 0.3) is 0 Å². The minimum atomic E-state index is -0.720. The van der Waals surface area contributed by atoms with Gasteiger partial charge in [-0.25, -0.2) is 0 Å². The summed E-state index contributed by atoms with van der Waals surface area (Å²) in [6.07, 6.45) is 5.15. The average Bonchev–Trinajstić information content (AvgIpc) is 2.28. The third kappa shape index (κ3) is 11.6. The highest BCUT2D eigenvalue weighted by Gasteiger charge is 2.02. The number of aliphatic hydroxyl groups is 2. The fraction of sp³-hybridized carbons (Fsp3) is 0.917.